The lowest BCUT2D eigenvalue weighted by molar-refractivity contribution is -0.00933. The summed E-state index contributed by atoms with van der Waals surface area (Å²) in [6, 6.07) is 2.68. The van der Waals surface area contributed by atoms with Crippen LogP contribution in [0.15, 0.2) is 16.6 Å². The summed E-state index contributed by atoms with van der Waals surface area (Å²) in [6.45, 7) is 0.614. The summed E-state index contributed by atoms with van der Waals surface area (Å²) in [4.78, 5) is 0. The number of benzene rings is 1. The van der Waals surface area contributed by atoms with Crippen molar-refractivity contribution in [2.24, 2.45) is 0 Å². The zero-order chi connectivity index (χ0) is 12.7. The number of methoxy groups -OCH3 is 1. The third-order valence-corrected chi connectivity index (χ3v) is 2.61. The smallest absolute Gasteiger partial charge is 0.189 e. The Kier molecular flexibility index (Phi) is 6.43. The van der Waals surface area contributed by atoms with Crippen LogP contribution in [0.1, 0.15) is 5.56 Å². The first-order valence-corrected chi connectivity index (χ1v) is 5.76. The van der Waals surface area contributed by atoms with Crippen molar-refractivity contribution in [1.82, 2.24) is 0 Å². The molecule has 0 atom stereocenters. The Labute approximate surface area is 107 Å². The number of hydrogen-bond donors (Lipinski definition) is 1. The molecule has 0 aliphatic carbocycles. The van der Waals surface area contributed by atoms with Gasteiger partial charge in [-0.2, -0.15) is 0 Å². The average Bonchev–Trinajstić information content (AvgIpc) is 2.33. The predicted octanol–water partition coefficient (Wildman–Crippen LogP) is 2.08. The number of halogens is 2. The first kappa shape index (κ1) is 14.4. The summed E-state index contributed by atoms with van der Waals surface area (Å²) < 4.78 is 28.6. The van der Waals surface area contributed by atoms with Gasteiger partial charge >= 0.3 is 0 Å². The Morgan fingerprint density at radius 3 is 2.76 bits per heavy atom. The number of ether oxygens (including phenoxy) is 3. The summed E-state index contributed by atoms with van der Waals surface area (Å²) in [5.74, 6) is -0.0557. The highest BCUT2D eigenvalue weighted by Crippen LogP contribution is 2.26. The minimum Gasteiger partial charge on any atom is -0.467 e. The molecular weight excluding hydrogens is 295 g/mol. The Morgan fingerprint density at radius 1 is 1.35 bits per heavy atom. The van der Waals surface area contributed by atoms with Crippen molar-refractivity contribution in [3.8, 4) is 5.75 Å². The molecule has 0 unspecified atom stereocenters. The van der Waals surface area contributed by atoms with Gasteiger partial charge in [-0.1, -0.05) is 0 Å². The number of hydrogen-bond acceptors (Lipinski definition) is 4. The second kappa shape index (κ2) is 7.60. The van der Waals surface area contributed by atoms with E-state index in [1.165, 1.54) is 12.1 Å². The molecule has 17 heavy (non-hydrogen) atoms. The van der Waals surface area contributed by atoms with Gasteiger partial charge in [-0.25, -0.2) is 4.39 Å². The van der Waals surface area contributed by atoms with E-state index in [1.54, 1.807) is 7.11 Å². The van der Waals surface area contributed by atoms with Crippen molar-refractivity contribution in [3.05, 3.63) is 28.0 Å². The summed E-state index contributed by atoms with van der Waals surface area (Å²) in [5, 5.41) is 9.05. The van der Waals surface area contributed by atoms with Crippen molar-refractivity contribution in [2.75, 3.05) is 27.1 Å². The van der Waals surface area contributed by atoms with E-state index in [0.717, 1.165) is 0 Å². The molecule has 1 rings (SSSR count). The Hall–Kier alpha value is -0.690. The van der Waals surface area contributed by atoms with Crippen molar-refractivity contribution >= 4 is 15.9 Å². The fourth-order valence-corrected chi connectivity index (χ4v) is 1.46. The third kappa shape index (κ3) is 4.59. The minimum atomic E-state index is -0.443. The van der Waals surface area contributed by atoms with E-state index >= 15 is 0 Å². The van der Waals surface area contributed by atoms with Crippen LogP contribution in [0.25, 0.3) is 0 Å². The highest BCUT2D eigenvalue weighted by atomic mass is 79.9. The minimum absolute atomic E-state index is 0.0223. The standard InChI is InChI=1S/C11H14BrFO4/c1-15-2-3-16-7-17-11-5-9(12)10(13)4-8(11)6-14/h4-5,14H,2-3,6-7H2,1H3. The molecule has 0 saturated carbocycles. The van der Waals surface area contributed by atoms with Crippen LogP contribution in [0.2, 0.25) is 0 Å². The lowest BCUT2D eigenvalue weighted by Crippen LogP contribution is -2.09. The average molecular weight is 309 g/mol. The molecule has 0 radical (unpaired) electrons. The Bertz CT molecular complexity index is 360. The van der Waals surface area contributed by atoms with E-state index in [-0.39, 0.29) is 17.9 Å². The Morgan fingerprint density at radius 2 is 2.12 bits per heavy atom. The highest BCUT2D eigenvalue weighted by Gasteiger charge is 2.08. The molecule has 0 fully saturated rings. The summed E-state index contributed by atoms with van der Waals surface area (Å²) >= 11 is 3.05. The topological polar surface area (TPSA) is 47.9 Å². The van der Waals surface area contributed by atoms with Gasteiger partial charge in [-0.05, 0) is 28.1 Å². The van der Waals surface area contributed by atoms with Crippen LogP contribution in [0.4, 0.5) is 4.39 Å². The number of aliphatic hydroxyl groups is 1. The fraction of sp³-hybridized carbons (Fsp3) is 0.455. The van der Waals surface area contributed by atoms with E-state index in [1.807, 2.05) is 0 Å². The van der Waals surface area contributed by atoms with E-state index in [9.17, 15) is 4.39 Å². The highest BCUT2D eigenvalue weighted by molar-refractivity contribution is 9.10. The van der Waals surface area contributed by atoms with Crippen LogP contribution in [0.5, 0.6) is 5.75 Å². The van der Waals surface area contributed by atoms with Gasteiger partial charge in [-0.15, -0.1) is 0 Å². The molecule has 0 amide bonds. The molecule has 0 heterocycles. The molecule has 0 bridgehead atoms. The molecule has 1 aromatic carbocycles. The molecule has 0 aliphatic rings. The maximum Gasteiger partial charge on any atom is 0.189 e. The SMILES string of the molecule is COCCOCOc1cc(Br)c(F)cc1CO. The van der Waals surface area contributed by atoms with Crippen molar-refractivity contribution in [3.63, 3.8) is 0 Å². The van der Waals surface area contributed by atoms with Crippen LogP contribution in [-0.4, -0.2) is 32.2 Å². The van der Waals surface area contributed by atoms with E-state index < -0.39 is 5.82 Å². The van der Waals surface area contributed by atoms with Gasteiger partial charge in [-0.3, -0.25) is 0 Å². The van der Waals surface area contributed by atoms with Gasteiger partial charge in [0, 0.05) is 12.7 Å². The monoisotopic (exact) mass is 308 g/mol. The van der Waals surface area contributed by atoms with Crippen LogP contribution >= 0.6 is 15.9 Å². The summed E-state index contributed by atoms with van der Waals surface area (Å²) in [7, 11) is 1.57. The van der Waals surface area contributed by atoms with E-state index in [0.29, 0.717) is 24.5 Å². The van der Waals surface area contributed by atoms with Crippen LogP contribution < -0.4 is 4.74 Å². The lowest BCUT2D eigenvalue weighted by Gasteiger charge is -2.11. The zero-order valence-corrected chi connectivity index (χ0v) is 11.0. The molecule has 0 aliphatic heterocycles. The van der Waals surface area contributed by atoms with E-state index in [4.69, 9.17) is 19.3 Å². The second-order valence-electron chi connectivity index (χ2n) is 3.20. The van der Waals surface area contributed by atoms with Gasteiger partial charge in [0.2, 0.25) is 0 Å². The van der Waals surface area contributed by atoms with Crippen molar-refractivity contribution < 1.29 is 23.7 Å². The zero-order valence-electron chi connectivity index (χ0n) is 9.41. The van der Waals surface area contributed by atoms with Crippen molar-refractivity contribution in [1.29, 1.82) is 0 Å². The van der Waals surface area contributed by atoms with Gasteiger partial charge in [0.15, 0.2) is 6.79 Å². The van der Waals surface area contributed by atoms with Gasteiger partial charge in [0.05, 0.1) is 24.3 Å². The van der Waals surface area contributed by atoms with Gasteiger partial charge < -0.3 is 19.3 Å². The molecule has 6 heteroatoms. The largest absolute Gasteiger partial charge is 0.467 e. The molecule has 96 valence electrons. The van der Waals surface area contributed by atoms with Crippen LogP contribution in [0.3, 0.4) is 0 Å². The van der Waals surface area contributed by atoms with Gasteiger partial charge in [0.1, 0.15) is 11.6 Å². The molecule has 1 aromatic rings. The van der Waals surface area contributed by atoms with E-state index in [2.05, 4.69) is 15.9 Å². The molecule has 0 aromatic heterocycles. The van der Waals surface area contributed by atoms with Crippen molar-refractivity contribution in [2.45, 2.75) is 6.61 Å². The summed E-state index contributed by atoms with van der Waals surface area (Å²) in [6.07, 6.45) is 0. The predicted molar refractivity (Wildman–Crippen MR) is 63.3 cm³/mol. The third-order valence-electron chi connectivity index (χ3n) is 2.00. The molecular formula is C11H14BrFO4. The summed E-state index contributed by atoms with van der Waals surface area (Å²) in [5.41, 5.74) is 0.376. The lowest BCUT2D eigenvalue weighted by atomic mass is 10.2. The molecule has 0 saturated heterocycles. The second-order valence-corrected chi connectivity index (χ2v) is 4.05. The first-order valence-electron chi connectivity index (χ1n) is 4.97. The first-order chi connectivity index (χ1) is 8.19. The number of rotatable bonds is 7. The van der Waals surface area contributed by atoms with Crippen LogP contribution in [0, 0.1) is 5.82 Å². The Balaban J connectivity index is 2.54. The molecule has 4 nitrogen and oxygen atoms in total. The normalized spacial score (nSPS) is 10.6. The fourth-order valence-electron chi connectivity index (χ4n) is 1.13. The van der Waals surface area contributed by atoms with Gasteiger partial charge in [0.25, 0.3) is 0 Å². The van der Waals surface area contributed by atoms with Crippen LogP contribution in [-0.2, 0) is 16.1 Å². The number of aliphatic hydroxyl groups excluding tert-OH is 1. The molecule has 1 N–H and O–H groups in total. The maximum atomic E-state index is 13.2. The maximum absolute atomic E-state index is 13.2. The molecule has 0 spiro atoms. The quantitative estimate of drug-likeness (QED) is 0.619.